The highest BCUT2D eigenvalue weighted by atomic mass is 16.3. The van der Waals surface area contributed by atoms with E-state index in [-0.39, 0.29) is 11.9 Å². The standard InChI is InChI=1S/C10H22N2O2/c1-5-12(6-2)10(14)9(4)11-7-8(3)13/h8-9,11,13H,5-7H2,1-4H3/t8-,9?/m1/s1. The van der Waals surface area contributed by atoms with Gasteiger partial charge in [0.05, 0.1) is 12.1 Å². The van der Waals surface area contributed by atoms with Gasteiger partial charge in [0.1, 0.15) is 0 Å². The molecular formula is C10H22N2O2. The van der Waals surface area contributed by atoms with Crippen LogP contribution >= 0.6 is 0 Å². The normalized spacial score (nSPS) is 14.9. The average molecular weight is 202 g/mol. The van der Waals surface area contributed by atoms with Gasteiger partial charge in [-0.3, -0.25) is 4.79 Å². The molecular weight excluding hydrogens is 180 g/mol. The van der Waals surface area contributed by atoms with E-state index in [4.69, 9.17) is 5.11 Å². The summed E-state index contributed by atoms with van der Waals surface area (Å²) in [5, 5.41) is 12.0. The van der Waals surface area contributed by atoms with Gasteiger partial charge < -0.3 is 15.3 Å². The van der Waals surface area contributed by atoms with Crippen molar-refractivity contribution < 1.29 is 9.90 Å². The third-order valence-electron chi connectivity index (χ3n) is 2.16. The number of nitrogens with zero attached hydrogens (tertiary/aromatic N) is 1. The van der Waals surface area contributed by atoms with Crippen LogP contribution in [0, 0.1) is 0 Å². The third kappa shape index (κ3) is 4.58. The molecule has 4 nitrogen and oxygen atoms in total. The van der Waals surface area contributed by atoms with Gasteiger partial charge in [-0.05, 0) is 27.7 Å². The molecule has 2 N–H and O–H groups in total. The molecule has 0 aromatic carbocycles. The second kappa shape index (κ2) is 6.79. The first-order valence-corrected chi connectivity index (χ1v) is 5.23. The van der Waals surface area contributed by atoms with Crippen molar-refractivity contribution in [3.8, 4) is 0 Å². The number of aliphatic hydroxyl groups is 1. The molecule has 0 aromatic rings. The fourth-order valence-corrected chi connectivity index (χ4v) is 1.24. The van der Waals surface area contributed by atoms with Gasteiger partial charge in [0.15, 0.2) is 0 Å². The van der Waals surface area contributed by atoms with Gasteiger partial charge in [-0.25, -0.2) is 0 Å². The Balaban J connectivity index is 3.97. The van der Waals surface area contributed by atoms with Crippen LogP contribution in [0.2, 0.25) is 0 Å². The molecule has 0 fully saturated rings. The molecule has 84 valence electrons. The van der Waals surface area contributed by atoms with Crippen molar-refractivity contribution in [1.82, 2.24) is 10.2 Å². The Morgan fingerprint density at radius 3 is 2.21 bits per heavy atom. The second-order valence-electron chi connectivity index (χ2n) is 3.49. The van der Waals surface area contributed by atoms with Gasteiger partial charge in [-0.2, -0.15) is 0 Å². The summed E-state index contributed by atoms with van der Waals surface area (Å²) in [6.07, 6.45) is -0.415. The van der Waals surface area contributed by atoms with Crippen molar-refractivity contribution in [2.24, 2.45) is 0 Å². The number of amides is 1. The summed E-state index contributed by atoms with van der Waals surface area (Å²) in [7, 11) is 0. The van der Waals surface area contributed by atoms with Crippen molar-refractivity contribution in [2.75, 3.05) is 19.6 Å². The first kappa shape index (κ1) is 13.4. The van der Waals surface area contributed by atoms with Crippen LogP contribution in [-0.4, -0.2) is 47.7 Å². The van der Waals surface area contributed by atoms with Crippen molar-refractivity contribution >= 4 is 5.91 Å². The summed E-state index contributed by atoms with van der Waals surface area (Å²) in [4.78, 5) is 13.5. The quantitative estimate of drug-likeness (QED) is 0.647. The van der Waals surface area contributed by atoms with E-state index >= 15 is 0 Å². The zero-order chi connectivity index (χ0) is 11.1. The van der Waals surface area contributed by atoms with Gasteiger partial charge in [-0.1, -0.05) is 0 Å². The Morgan fingerprint density at radius 1 is 1.36 bits per heavy atom. The second-order valence-corrected chi connectivity index (χ2v) is 3.49. The van der Waals surface area contributed by atoms with E-state index in [9.17, 15) is 4.79 Å². The van der Waals surface area contributed by atoms with Crippen molar-refractivity contribution in [3.05, 3.63) is 0 Å². The lowest BCUT2D eigenvalue weighted by molar-refractivity contribution is -0.132. The monoisotopic (exact) mass is 202 g/mol. The molecule has 0 aliphatic rings. The van der Waals surface area contributed by atoms with Crippen LogP contribution in [0.1, 0.15) is 27.7 Å². The summed E-state index contributed by atoms with van der Waals surface area (Å²) in [6.45, 7) is 9.36. The Kier molecular flexibility index (Phi) is 6.49. The molecule has 0 saturated carbocycles. The molecule has 0 heterocycles. The van der Waals surface area contributed by atoms with Crippen molar-refractivity contribution in [2.45, 2.75) is 39.8 Å². The fraction of sp³-hybridized carbons (Fsp3) is 0.900. The van der Waals surface area contributed by atoms with E-state index in [0.29, 0.717) is 6.54 Å². The molecule has 0 rings (SSSR count). The number of rotatable bonds is 6. The maximum atomic E-state index is 11.7. The summed E-state index contributed by atoms with van der Waals surface area (Å²) >= 11 is 0. The van der Waals surface area contributed by atoms with E-state index in [1.54, 1.807) is 11.8 Å². The molecule has 2 atom stereocenters. The topological polar surface area (TPSA) is 52.6 Å². The van der Waals surface area contributed by atoms with Crippen LogP contribution in [0.5, 0.6) is 0 Å². The smallest absolute Gasteiger partial charge is 0.239 e. The van der Waals surface area contributed by atoms with Gasteiger partial charge >= 0.3 is 0 Å². The number of nitrogens with one attached hydrogen (secondary N) is 1. The van der Waals surface area contributed by atoms with Gasteiger partial charge in [0.2, 0.25) is 5.91 Å². The molecule has 0 aliphatic carbocycles. The maximum absolute atomic E-state index is 11.7. The van der Waals surface area contributed by atoms with E-state index in [2.05, 4.69) is 5.32 Å². The highest BCUT2D eigenvalue weighted by Gasteiger charge is 2.17. The van der Waals surface area contributed by atoms with Crippen LogP contribution in [0.3, 0.4) is 0 Å². The van der Waals surface area contributed by atoms with Gasteiger partial charge in [-0.15, -0.1) is 0 Å². The molecule has 1 amide bonds. The van der Waals surface area contributed by atoms with Crippen molar-refractivity contribution in [3.63, 3.8) is 0 Å². The minimum absolute atomic E-state index is 0.0932. The molecule has 0 saturated heterocycles. The van der Waals surface area contributed by atoms with Crippen LogP contribution < -0.4 is 5.32 Å². The SMILES string of the molecule is CCN(CC)C(=O)C(C)NC[C@@H](C)O. The average Bonchev–Trinajstić information content (AvgIpc) is 2.15. The van der Waals surface area contributed by atoms with Gasteiger partial charge in [0.25, 0.3) is 0 Å². The van der Waals surface area contributed by atoms with Gasteiger partial charge in [0, 0.05) is 19.6 Å². The number of carbonyl (C=O) groups is 1. The van der Waals surface area contributed by atoms with Crippen molar-refractivity contribution in [1.29, 1.82) is 0 Å². The molecule has 0 bridgehead atoms. The summed E-state index contributed by atoms with van der Waals surface area (Å²) in [5.74, 6) is 0.0932. The lowest BCUT2D eigenvalue weighted by Gasteiger charge is -2.23. The molecule has 0 aromatic heterocycles. The maximum Gasteiger partial charge on any atom is 0.239 e. The molecule has 1 unspecified atom stereocenters. The van der Waals surface area contributed by atoms with E-state index < -0.39 is 6.10 Å². The fourth-order valence-electron chi connectivity index (χ4n) is 1.24. The predicted molar refractivity (Wildman–Crippen MR) is 57.1 cm³/mol. The Labute approximate surface area is 86.3 Å². The van der Waals surface area contributed by atoms with Crippen LogP contribution in [-0.2, 0) is 4.79 Å². The number of hydrogen-bond donors (Lipinski definition) is 2. The first-order chi connectivity index (χ1) is 6.52. The van der Waals surface area contributed by atoms with Crippen LogP contribution in [0.25, 0.3) is 0 Å². The number of carbonyl (C=O) groups excluding carboxylic acids is 1. The molecule has 0 radical (unpaired) electrons. The third-order valence-corrected chi connectivity index (χ3v) is 2.16. The minimum Gasteiger partial charge on any atom is -0.392 e. The molecule has 0 spiro atoms. The summed E-state index contributed by atoms with van der Waals surface area (Å²) in [5.41, 5.74) is 0. The minimum atomic E-state index is -0.415. The van der Waals surface area contributed by atoms with E-state index in [1.165, 1.54) is 0 Å². The Morgan fingerprint density at radius 2 is 1.86 bits per heavy atom. The lowest BCUT2D eigenvalue weighted by atomic mass is 10.2. The lowest BCUT2D eigenvalue weighted by Crippen LogP contribution is -2.46. The highest BCUT2D eigenvalue weighted by Crippen LogP contribution is 1.94. The number of aliphatic hydroxyl groups excluding tert-OH is 1. The Bertz CT molecular complexity index is 168. The van der Waals surface area contributed by atoms with E-state index in [0.717, 1.165) is 13.1 Å². The first-order valence-electron chi connectivity index (χ1n) is 5.23. The number of likely N-dealkylation sites (N-methyl/N-ethyl adjacent to an activating group) is 1. The summed E-state index contributed by atoms with van der Waals surface area (Å²) in [6, 6.07) is -0.218. The van der Waals surface area contributed by atoms with Crippen LogP contribution in [0.4, 0.5) is 0 Å². The molecule has 0 aliphatic heterocycles. The largest absolute Gasteiger partial charge is 0.392 e. The predicted octanol–water partition coefficient (Wildman–Crippen LogP) is 0.214. The Hall–Kier alpha value is -0.610. The number of hydrogen-bond acceptors (Lipinski definition) is 3. The highest BCUT2D eigenvalue weighted by molar-refractivity contribution is 5.81. The molecule has 4 heteroatoms. The zero-order valence-electron chi connectivity index (χ0n) is 9.58. The summed E-state index contributed by atoms with van der Waals surface area (Å²) < 4.78 is 0. The van der Waals surface area contributed by atoms with E-state index in [1.807, 2.05) is 20.8 Å². The molecule has 14 heavy (non-hydrogen) atoms. The zero-order valence-corrected chi connectivity index (χ0v) is 9.58. The van der Waals surface area contributed by atoms with Crippen LogP contribution in [0.15, 0.2) is 0 Å².